The average molecular weight is 275 g/mol. The van der Waals surface area contributed by atoms with Crippen LogP contribution < -0.4 is 10.1 Å². The van der Waals surface area contributed by atoms with E-state index in [-0.39, 0.29) is 0 Å². The Labute approximate surface area is 123 Å². The molecule has 1 aromatic rings. The van der Waals surface area contributed by atoms with Crippen LogP contribution >= 0.6 is 0 Å². The van der Waals surface area contributed by atoms with Crippen LogP contribution in [0.5, 0.6) is 5.75 Å². The summed E-state index contributed by atoms with van der Waals surface area (Å²) in [7, 11) is 1.72. The fraction of sp³-hybridized carbons (Fsp3) is 0.667. The summed E-state index contributed by atoms with van der Waals surface area (Å²) in [6.45, 7) is 3.43. The van der Waals surface area contributed by atoms with E-state index in [9.17, 15) is 0 Å². The molecule has 112 valence electrons. The van der Waals surface area contributed by atoms with Crippen LogP contribution in [0.15, 0.2) is 24.3 Å². The quantitative estimate of drug-likeness (QED) is 0.759. The highest BCUT2D eigenvalue weighted by Crippen LogP contribution is 2.24. The smallest absolute Gasteiger partial charge is 0.118 e. The predicted molar refractivity (Wildman–Crippen MR) is 85.2 cm³/mol. The van der Waals surface area contributed by atoms with Gasteiger partial charge in [-0.15, -0.1) is 0 Å². The van der Waals surface area contributed by atoms with E-state index in [2.05, 4.69) is 36.5 Å². The van der Waals surface area contributed by atoms with Crippen LogP contribution in [0.1, 0.15) is 63.5 Å². The van der Waals surface area contributed by atoms with Crippen molar-refractivity contribution in [1.82, 2.24) is 5.32 Å². The van der Waals surface area contributed by atoms with Crippen LogP contribution in [0.2, 0.25) is 0 Å². The van der Waals surface area contributed by atoms with Crippen molar-refractivity contribution < 1.29 is 4.74 Å². The van der Waals surface area contributed by atoms with Crippen molar-refractivity contribution >= 4 is 0 Å². The number of ether oxygens (including phenoxy) is 1. The molecule has 1 saturated carbocycles. The summed E-state index contributed by atoms with van der Waals surface area (Å²) in [5.74, 6) is 1.82. The van der Waals surface area contributed by atoms with Gasteiger partial charge in [-0.2, -0.15) is 0 Å². The van der Waals surface area contributed by atoms with Gasteiger partial charge < -0.3 is 10.1 Å². The minimum Gasteiger partial charge on any atom is -0.497 e. The second kappa shape index (κ2) is 8.31. The lowest BCUT2D eigenvalue weighted by atomic mass is 9.98. The maximum atomic E-state index is 5.23. The fourth-order valence-electron chi connectivity index (χ4n) is 3.21. The first kappa shape index (κ1) is 15.4. The third kappa shape index (κ3) is 4.52. The summed E-state index contributed by atoms with van der Waals surface area (Å²) >= 11 is 0. The van der Waals surface area contributed by atoms with Crippen LogP contribution in [0.3, 0.4) is 0 Å². The van der Waals surface area contributed by atoms with Gasteiger partial charge in [-0.25, -0.2) is 0 Å². The minimum absolute atomic E-state index is 0.476. The van der Waals surface area contributed by atoms with Gasteiger partial charge in [0, 0.05) is 6.04 Å². The number of hydrogen-bond acceptors (Lipinski definition) is 2. The number of nitrogens with one attached hydrogen (secondary N) is 1. The second-order valence-corrected chi connectivity index (χ2v) is 6.00. The Morgan fingerprint density at radius 3 is 2.30 bits per heavy atom. The molecule has 1 fully saturated rings. The molecule has 1 aliphatic carbocycles. The van der Waals surface area contributed by atoms with E-state index in [0.29, 0.717) is 6.04 Å². The Kier molecular flexibility index (Phi) is 6.38. The highest BCUT2D eigenvalue weighted by molar-refractivity contribution is 5.29. The van der Waals surface area contributed by atoms with Gasteiger partial charge in [-0.3, -0.25) is 0 Å². The van der Waals surface area contributed by atoms with Crippen molar-refractivity contribution in [2.75, 3.05) is 13.7 Å². The van der Waals surface area contributed by atoms with Crippen molar-refractivity contribution in [1.29, 1.82) is 0 Å². The Balaban J connectivity index is 1.87. The number of hydrogen-bond donors (Lipinski definition) is 1. The Morgan fingerprint density at radius 2 is 1.75 bits per heavy atom. The molecule has 1 aliphatic rings. The molecule has 0 heterocycles. The summed E-state index contributed by atoms with van der Waals surface area (Å²) in [6, 6.07) is 8.97. The first-order valence-corrected chi connectivity index (χ1v) is 8.20. The SMILES string of the molecule is CCC(NCC1CCCCCC1)c1ccc(OC)cc1. The van der Waals surface area contributed by atoms with E-state index >= 15 is 0 Å². The lowest BCUT2D eigenvalue weighted by Gasteiger charge is -2.22. The molecule has 0 aliphatic heterocycles. The Bertz CT molecular complexity index is 366. The second-order valence-electron chi connectivity index (χ2n) is 6.00. The molecule has 1 N–H and O–H groups in total. The molecule has 1 unspecified atom stereocenters. The van der Waals surface area contributed by atoms with Gasteiger partial charge in [0.25, 0.3) is 0 Å². The molecule has 0 aromatic heterocycles. The van der Waals surface area contributed by atoms with Crippen molar-refractivity contribution in [3.63, 3.8) is 0 Å². The maximum Gasteiger partial charge on any atom is 0.118 e. The van der Waals surface area contributed by atoms with Gasteiger partial charge in [-0.1, -0.05) is 44.7 Å². The molecule has 0 amide bonds. The van der Waals surface area contributed by atoms with Gasteiger partial charge in [0.15, 0.2) is 0 Å². The highest BCUT2D eigenvalue weighted by atomic mass is 16.5. The molecule has 2 nitrogen and oxygen atoms in total. The molecule has 2 heteroatoms. The third-order valence-corrected chi connectivity index (χ3v) is 4.55. The van der Waals surface area contributed by atoms with Crippen molar-refractivity contribution in [3.8, 4) is 5.75 Å². The molecule has 1 atom stereocenters. The minimum atomic E-state index is 0.476. The zero-order valence-corrected chi connectivity index (χ0v) is 13.0. The Morgan fingerprint density at radius 1 is 1.10 bits per heavy atom. The molecule has 20 heavy (non-hydrogen) atoms. The number of benzene rings is 1. The first-order valence-electron chi connectivity index (χ1n) is 8.20. The van der Waals surface area contributed by atoms with Crippen LogP contribution in [-0.2, 0) is 0 Å². The monoisotopic (exact) mass is 275 g/mol. The summed E-state index contributed by atoms with van der Waals surface area (Å²) in [5.41, 5.74) is 1.38. The fourth-order valence-corrected chi connectivity index (χ4v) is 3.21. The normalized spacial score (nSPS) is 18.5. The van der Waals surface area contributed by atoms with Gasteiger partial charge in [0.05, 0.1) is 7.11 Å². The Hall–Kier alpha value is -1.02. The first-order chi connectivity index (χ1) is 9.83. The van der Waals surface area contributed by atoms with Gasteiger partial charge in [0.2, 0.25) is 0 Å². The van der Waals surface area contributed by atoms with E-state index in [1.54, 1.807) is 7.11 Å². The van der Waals surface area contributed by atoms with Gasteiger partial charge >= 0.3 is 0 Å². The molecule has 0 spiro atoms. The van der Waals surface area contributed by atoms with E-state index in [4.69, 9.17) is 4.74 Å². The standard InChI is InChI=1S/C18H29NO/c1-3-18(16-10-12-17(20-2)13-11-16)19-14-15-8-6-4-5-7-9-15/h10-13,15,18-19H,3-9,14H2,1-2H3. The highest BCUT2D eigenvalue weighted by Gasteiger charge is 2.15. The predicted octanol–water partition coefficient (Wildman–Crippen LogP) is 4.71. The number of methoxy groups -OCH3 is 1. The summed E-state index contributed by atoms with van der Waals surface area (Å²) < 4.78 is 5.23. The molecule has 2 rings (SSSR count). The van der Waals surface area contributed by atoms with Crippen molar-refractivity contribution in [2.45, 2.75) is 57.9 Å². The summed E-state index contributed by atoms with van der Waals surface area (Å²) in [5, 5.41) is 3.78. The average Bonchev–Trinajstić information content (AvgIpc) is 2.77. The molecular formula is C18H29NO. The van der Waals surface area contributed by atoms with Crippen LogP contribution in [0, 0.1) is 5.92 Å². The molecule has 1 aromatic carbocycles. The van der Waals surface area contributed by atoms with E-state index in [1.807, 2.05) is 0 Å². The van der Waals surface area contributed by atoms with E-state index < -0.39 is 0 Å². The van der Waals surface area contributed by atoms with Crippen LogP contribution in [-0.4, -0.2) is 13.7 Å². The zero-order valence-electron chi connectivity index (χ0n) is 13.0. The summed E-state index contributed by atoms with van der Waals surface area (Å²) in [4.78, 5) is 0. The lowest BCUT2D eigenvalue weighted by Crippen LogP contribution is -2.27. The molecule has 0 radical (unpaired) electrons. The van der Waals surface area contributed by atoms with Crippen LogP contribution in [0.25, 0.3) is 0 Å². The zero-order chi connectivity index (χ0) is 14.2. The third-order valence-electron chi connectivity index (χ3n) is 4.55. The molecule has 0 saturated heterocycles. The van der Waals surface area contributed by atoms with Gasteiger partial charge in [0.1, 0.15) is 5.75 Å². The van der Waals surface area contributed by atoms with E-state index in [1.165, 1.54) is 50.6 Å². The largest absolute Gasteiger partial charge is 0.497 e. The van der Waals surface area contributed by atoms with E-state index in [0.717, 1.165) is 18.1 Å². The molecule has 0 bridgehead atoms. The van der Waals surface area contributed by atoms with Crippen molar-refractivity contribution in [2.24, 2.45) is 5.92 Å². The van der Waals surface area contributed by atoms with Crippen LogP contribution in [0.4, 0.5) is 0 Å². The number of rotatable bonds is 6. The van der Waals surface area contributed by atoms with Gasteiger partial charge in [-0.05, 0) is 49.4 Å². The lowest BCUT2D eigenvalue weighted by molar-refractivity contribution is 0.389. The maximum absolute atomic E-state index is 5.23. The van der Waals surface area contributed by atoms with Crippen molar-refractivity contribution in [3.05, 3.63) is 29.8 Å². The molecular weight excluding hydrogens is 246 g/mol. The topological polar surface area (TPSA) is 21.3 Å². The summed E-state index contributed by atoms with van der Waals surface area (Å²) in [6.07, 6.45) is 9.67.